The lowest BCUT2D eigenvalue weighted by Crippen LogP contribution is -2.32. The minimum Gasteiger partial charge on any atom is -0.456 e. The van der Waals surface area contributed by atoms with Crippen LogP contribution in [-0.2, 0) is 16.4 Å². The molecule has 31 heavy (non-hydrogen) atoms. The van der Waals surface area contributed by atoms with Crippen molar-refractivity contribution in [2.45, 2.75) is 25.7 Å². The lowest BCUT2D eigenvalue weighted by molar-refractivity contribution is 0.480. The molecule has 0 spiro atoms. The number of amidine groups is 1. The number of hydrogen-bond acceptors (Lipinski definition) is 7. The molecule has 0 fully saturated rings. The summed E-state index contributed by atoms with van der Waals surface area (Å²) in [7, 11) is -3.53. The molecule has 2 heterocycles. The number of aliphatic imine (C=N–C) groups is 2. The van der Waals surface area contributed by atoms with Crippen molar-refractivity contribution in [2.75, 3.05) is 18.8 Å². The predicted molar refractivity (Wildman–Crippen MR) is 119 cm³/mol. The molecule has 0 unspecified atom stereocenters. The number of rotatable bonds is 6. The van der Waals surface area contributed by atoms with Crippen LogP contribution in [0.25, 0.3) is 0 Å². The number of nitriles is 1. The average Bonchev–Trinajstić information content (AvgIpc) is 2.99. The molecule has 0 aliphatic carbocycles. The van der Waals surface area contributed by atoms with E-state index in [1.54, 1.807) is 18.2 Å². The molecular formula is C22H23N5O3S. The third-order valence-corrected chi connectivity index (χ3v) is 6.07. The maximum atomic E-state index is 11.2. The zero-order chi connectivity index (χ0) is 21.8. The van der Waals surface area contributed by atoms with Gasteiger partial charge in [0.2, 0.25) is 10.0 Å². The van der Waals surface area contributed by atoms with Crippen LogP contribution >= 0.6 is 0 Å². The van der Waals surface area contributed by atoms with Gasteiger partial charge in [0.15, 0.2) is 0 Å². The van der Waals surface area contributed by atoms with Gasteiger partial charge in [-0.15, -0.1) is 0 Å². The summed E-state index contributed by atoms with van der Waals surface area (Å²) in [4.78, 5) is 11.3. The van der Waals surface area contributed by atoms with Crippen LogP contribution in [0, 0.1) is 11.3 Å². The Bertz CT molecular complexity index is 1200. The van der Waals surface area contributed by atoms with Crippen molar-refractivity contribution in [3.05, 3.63) is 53.1 Å². The monoisotopic (exact) mass is 437 g/mol. The summed E-state index contributed by atoms with van der Waals surface area (Å²) in [6, 6.07) is 13.1. The first kappa shape index (κ1) is 21.0. The van der Waals surface area contributed by atoms with E-state index in [1.165, 1.54) is 0 Å². The van der Waals surface area contributed by atoms with E-state index in [-0.39, 0.29) is 5.75 Å². The summed E-state index contributed by atoms with van der Waals surface area (Å²) in [5.41, 5.74) is 2.86. The summed E-state index contributed by atoms with van der Waals surface area (Å²) in [6.45, 7) is 1.66. The second-order valence-electron chi connectivity index (χ2n) is 7.50. The van der Waals surface area contributed by atoms with Crippen molar-refractivity contribution in [1.82, 2.24) is 4.90 Å². The average molecular weight is 438 g/mol. The van der Waals surface area contributed by atoms with Crippen molar-refractivity contribution < 1.29 is 13.2 Å². The molecule has 0 atom stereocenters. The molecular weight excluding hydrogens is 414 g/mol. The number of primary sulfonamides is 1. The number of fused-ring (bicyclic) bond motifs is 3. The summed E-state index contributed by atoms with van der Waals surface area (Å²) in [5, 5.41) is 14.8. The van der Waals surface area contributed by atoms with E-state index in [1.807, 2.05) is 24.5 Å². The standard InChI is InChI=1S/C22H23N5O3S/c23-14-19-16(6-4-12-31(24,28)29)5-3-7-21(19)30-17-8-9-20-18(13-17)22-25-10-1-2-11-27(22)15-26-20/h3,5,7-9,13,15H,1-2,4,6,10-12H2,(H2,24,28,29). The third kappa shape index (κ3) is 4.93. The van der Waals surface area contributed by atoms with Crippen molar-refractivity contribution in [1.29, 1.82) is 5.26 Å². The second-order valence-corrected chi connectivity index (χ2v) is 9.24. The van der Waals surface area contributed by atoms with Crippen molar-refractivity contribution in [3.8, 4) is 17.6 Å². The Labute approximate surface area is 181 Å². The van der Waals surface area contributed by atoms with Gasteiger partial charge in [-0.1, -0.05) is 12.1 Å². The number of nitrogens with two attached hydrogens (primary N) is 1. The van der Waals surface area contributed by atoms with Crippen LogP contribution in [-0.4, -0.2) is 44.3 Å². The Kier molecular flexibility index (Phi) is 6.02. The summed E-state index contributed by atoms with van der Waals surface area (Å²) >= 11 is 0. The fraction of sp³-hybridized carbons (Fsp3) is 0.318. The lowest BCUT2D eigenvalue weighted by Gasteiger charge is -2.25. The van der Waals surface area contributed by atoms with Crippen molar-refractivity contribution in [3.63, 3.8) is 0 Å². The first-order valence-corrected chi connectivity index (χ1v) is 11.9. The lowest BCUT2D eigenvalue weighted by atomic mass is 10.0. The quantitative estimate of drug-likeness (QED) is 0.744. The van der Waals surface area contributed by atoms with Gasteiger partial charge in [0, 0.05) is 18.7 Å². The molecule has 4 rings (SSSR count). The largest absolute Gasteiger partial charge is 0.456 e. The fourth-order valence-corrected chi connectivity index (χ4v) is 4.26. The Morgan fingerprint density at radius 2 is 2.10 bits per heavy atom. The smallest absolute Gasteiger partial charge is 0.209 e. The molecule has 0 radical (unpaired) electrons. The first-order chi connectivity index (χ1) is 14.9. The van der Waals surface area contributed by atoms with Crippen LogP contribution < -0.4 is 9.88 Å². The molecule has 2 aromatic rings. The van der Waals surface area contributed by atoms with Gasteiger partial charge in [0.05, 0.1) is 23.3 Å². The number of aryl methyl sites for hydroxylation is 1. The Morgan fingerprint density at radius 3 is 2.90 bits per heavy atom. The van der Waals surface area contributed by atoms with E-state index in [0.29, 0.717) is 29.9 Å². The molecule has 2 aromatic carbocycles. The fourth-order valence-electron chi connectivity index (χ4n) is 3.72. The van der Waals surface area contributed by atoms with Gasteiger partial charge in [-0.3, -0.25) is 4.99 Å². The van der Waals surface area contributed by atoms with Gasteiger partial charge in [-0.2, -0.15) is 5.26 Å². The van der Waals surface area contributed by atoms with E-state index in [9.17, 15) is 13.7 Å². The van der Waals surface area contributed by atoms with Crippen molar-refractivity contribution in [2.24, 2.45) is 15.1 Å². The summed E-state index contributed by atoms with van der Waals surface area (Å²) in [5.74, 6) is 1.77. The number of sulfonamides is 1. The van der Waals surface area contributed by atoms with E-state index < -0.39 is 10.0 Å². The van der Waals surface area contributed by atoms with E-state index in [2.05, 4.69) is 16.0 Å². The van der Waals surface area contributed by atoms with Gasteiger partial charge in [-0.25, -0.2) is 18.5 Å². The Balaban J connectivity index is 1.60. The maximum Gasteiger partial charge on any atom is 0.209 e. The molecule has 9 heteroatoms. The molecule has 0 amide bonds. The normalized spacial score (nSPS) is 15.4. The summed E-state index contributed by atoms with van der Waals surface area (Å²) < 4.78 is 28.5. The van der Waals surface area contributed by atoms with Gasteiger partial charge in [0.25, 0.3) is 0 Å². The van der Waals surface area contributed by atoms with Gasteiger partial charge < -0.3 is 9.64 Å². The molecule has 8 nitrogen and oxygen atoms in total. The summed E-state index contributed by atoms with van der Waals surface area (Å²) in [6.07, 6.45) is 4.69. The van der Waals surface area contributed by atoms with Gasteiger partial charge in [-0.05, 0) is 55.5 Å². The first-order valence-electron chi connectivity index (χ1n) is 10.1. The minimum absolute atomic E-state index is 0.132. The molecule has 0 saturated carbocycles. The third-order valence-electron chi connectivity index (χ3n) is 5.21. The highest BCUT2D eigenvalue weighted by Gasteiger charge is 2.22. The molecule has 160 valence electrons. The molecule has 2 aliphatic heterocycles. The van der Waals surface area contributed by atoms with Crippen LogP contribution in [0.1, 0.15) is 36.0 Å². The molecule has 0 aromatic heterocycles. The van der Waals surface area contributed by atoms with E-state index >= 15 is 0 Å². The molecule has 2 N–H and O–H groups in total. The van der Waals surface area contributed by atoms with Crippen LogP contribution in [0.4, 0.5) is 5.69 Å². The number of nitrogens with zero attached hydrogens (tertiary/aromatic N) is 4. The maximum absolute atomic E-state index is 11.2. The second kappa shape index (κ2) is 8.88. The van der Waals surface area contributed by atoms with E-state index in [0.717, 1.165) is 48.6 Å². The Hall–Kier alpha value is -3.22. The van der Waals surface area contributed by atoms with Crippen LogP contribution in [0.3, 0.4) is 0 Å². The molecule has 2 aliphatic rings. The number of hydrogen-bond donors (Lipinski definition) is 1. The van der Waals surface area contributed by atoms with E-state index in [4.69, 9.17) is 14.9 Å². The topological polar surface area (TPSA) is 121 Å². The van der Waals surface area contributed by atoms with Crippen molar-refractivity contribution >= 4 is 27.9 Å². The number of benzene rings is 2. The zero-order valence-electron chi connectivity index (χ0n) is 17.0. The molecule has 0 bridgehead atoms. The SMILES string of the molecule is N#Cc1c(CCCS(N)(=O)=O)cccc1Oc1ccc2c(c1)C1=NCCCCN1C=N2. The van der Waals surface area contributed by atoms with Crippen LogP contribution in [0.15, 0.2) is 46.4 Å². The van der Waals surface area contributed by atoms with Gasteiger partial charge in [0.1, 0.15) is 23.4 Å². The molecule has 0 saturated heterocycles. The predicted octanol–water partition coefficient (Wildman–Crippen LogP) is 3.09. The minimum atomic E-state index is -3.53. The highest BCUT2D eigenvalue weighted by molar-refractivity contribution is 7.89. The Morgan fingerprint density at radius 1 is 1.23 bits per heavy atom. The highest BCUT2D eigenvalue weighted by atomic mass is 32.2. The highest BCUT2D eigenvalue weighted by Crippen LogP contribution is 2.33. The van der Waals surface area contributed by atoms with Crippen LogP contribution in [0.2, 0.25) is 0 Å². The van der Waals surface area contributed by atoms with Gasteiger partial charge >= 0.3 is 0 Å². The number of ether oxygens (including phenoxy) is 1. The zero-order valence-corrected chi connectivity index (χ0v) is 17.8. The van der Waals surface area contributed by atoms with Crippen LogP contribution in [0.5, 0.6) is 11.5 Å².